The van der Waals surface area contributed by atoms with Crippen LogP contribution in [0.25, 0.3) is 0 Å². The van der Waals surface area contributed by atoms with E-state index in [4.69, 9.17) is 0 Å². The molecule has 1 aromatic rings. The van der Waals surface area contributed by atoms with E-state index in [1.807, 2.05) is 6.92 Å². The maximum Gasteiger partial charge on any atom is 0.126 e. The standard InChI is InChI=1S/C15H22F2N2/c1-11(12-7-13(16)9-14(17)8-12)18-10-15-5-3-4-6-19(15)2/h7-9,11,15,18H,3-6,10H2,1-2H3. The van der Waals surface area contributed by atoms with Crippen LogP contribution in [-0.4, -0.2) is 31.1 Å². The van der Waals surface area contributed by atoms with E-state index in [-0.39, 0.29) is 6.04 Å². The van der Waals surface area contributed by atoms with Gasteiger partial charge in [0.05, 0.1) is 0 Å². The third-order valence-corrected chi connectivity index (χ3v) is 3.97. The van der Waals surface area contributed by atoms with E-state index in [1.54, 1.807) is 0 Å². The highest BCUT2D eigenvalue weighted by Gasteiger charge is 2.19. The summed E-state index contributed by atoms with van der Waals surface area (Å²) in [4.78, 5) is 2.36. The molecular formula is C15H22F2N2. The zero-order valence-corrected chi connectivity index (χ0v) is 11.6. The summed E-state index contributed by atoms with van der Waals surface area (Å²) in [5.74, 6) is -1.03. The van der Waals surface area contributed by atoms with Crippen molar-refractivity contribution in [2.75, 3.05) is 20.1 Å². The summed E-state index contributed by atoms with van der Waals surface area (Å²) in [6.45, 7) is 3.93. The van der Waals surface area contributed by atoms with E-state index in [2.05, 4.69) is 17.3 Å². The summed E-state index contributed by atoms with van der Waals surface area (Å²) in [5.41, 5.74) is 0.663. The molecule has 2 unspecified atom stereocenters. The molecule has 0 aliphatic carbocycles. The van der Waals surface area contributed by atoms with Crippen molar-refractivity contribution in [1.82, 2.24) is 10.2 Å². The van der Waals surface area contributed by atoms with Gasteiger partial charge in [0.25, 0.3) is 0 Å². The molecule has 0 aromatic heterocycles. The number of rotatable bonds is 4. The number of halogens is 2. The maximum atomic E-state index is 13.2. The molecule has 0 spiro atoms. The number of hydrogen-bond donors (Lipinski definition) is 1. The molecule has 19 heavy (non-hydrogen) atoms. The molecule has 1 saturated heterocycles. The molecular weight excluding hydrogens is 246 g/mol. The number of likely N-dealkylation sites (tertiary alicyclic amines) is 1. The summed E-state index contributed by atoms with van der Waals surface area (Å²) in [5, 5.41) is 3.38. The summed E-state index contributed by atoms with van der Waals surface area (Å²) in [7, 11) is 2.14. The molecule has 1 aliphatic heterocycles. The van der Waals surface area contributed by atoms with Gasteiger partial charge in [0.15, 0.2) is 0 Å². The van der Waals surface area contributed by atoms with E-state index in [9.17, 15) is 8.78 Å². The van der Waals surface area contributed by atoms with Crippen molar-refractivity contribution in [2.45, 2.75) is 38.3 Å². The Morgan fingerprint density at radius 2 is 1.95 bits per heavy atom. The number of nitrogens with zero attached hydrogens (tertiary/aromatic N) is 1. The first-order valence-corrected chi connectivity index (χ1v) is 6.96. The molecule has 1 fully saturated rings. The van der Waals surface area contributed by atoms with Gasteiger partial charge in [-0.1, -0.05) is 6.42 Å². The van der Waals surface area contributed by atoms with Crippen LogP contribution in [0.2, 0.25) is 0 Å². The second-order valence-corrected chi connectivity index (χ2v) is 5.46. The quantitative estimate of drug-likeness (QED) is 0.902. The molecule has 0 radical (unpaired) electrons. The average Bonchev–Trinajstić information content (AvgIpc) is 2.36. The fourth-order valence-corrected chi connectivity index (χ4v) is 2.66. The van der Waals surface area contributed by atoms with Gasteiger partial charge in [0, 0.05) is 24.7 Å². The van der Waals surface area contributed by atoms with Crippen LogP contribution in [0.5, 0.6) is 0 Å². The summed E-state index contributed by atoms with van der Waals surface area (Å²) < 4.78 is 26.3. The van der Waals surface area contributed by atoms with Crippen molar-refractivity contribution >= 4 is 0 Å². The van der Waals surface area contributed by atoms with Gasteiger partial charge in [0.2, 0.25) is 0 Å². The zero-order chi connectivity index (χ0) is 13.8. The lowest BCUT2D eigenvalue weighted by atomic mass is 10.0. The summed E-state index contributed by atoms with van der Waals surface area (Å²) in [6.07, 6.45) is 3.71. The molecule has 106 valence electrons. The number of benzene rings is 1. The van der Waals surface area contributed by atoms with Gasteiger partial charge in [-0.15, -0.1) is 0 Å². The molecule has 2 atom stereocenters. The highest BCUT2D eigenvalue weighted by Crippen LogP contribution is 2.18. The van der Waals surface area contributed by atoms with Crippen LogP contribution in [0.3, 0.4) is 0 Å². The molecule has 2 nitrogen and oxygen atoms in total. The number of hydrogen-bond acceptors (Lipinski definition) is 2. The Morgan fingerprint density at radius 3 is 2.58 bits per heavy atom. The molecule has 1 aromatic carbocycles. The molecule has 4 heteroatoms. The molecule has 0 bridgehead atoms. The van der Waals surface area contributed by atoms with Crippen LogP contribution in [-0.2, 0) is 0 Å². The smallest absolute Gasteiger partial charge is 0.126 e. The van der Waals surface area contributed by atoms with Crippen LogP contribution in [0.15, 0.2) is 18.2 Å². The molecule has 1 heterocycles. The first-order valence-electron chi connectivity index (χ1n) is 6.96. The van der Waals surface area contributed by atoms with Crippen molar-refractivity contribution < 1.29 is 8.78 Å². The Balaban J connectivity index is 1.91. The van der Waals surface area contributed by atoms with Crippen LogP contribution >= 0.6 is 0 Å². The second-order valence-electron chi connectivity index (χ2n) is 5.46. The highest BCUT2D eigenvalue weighted by molar-refractivity contribution is 5.20. The maximum absolute atomic E-state index is 13.2. The zero-order valence-electron chi connectivity index (χ0n) is 11.6. The third kappa shape index (κ3) is 3.98. The Bertz CT molecular complexity index is 402. The Hall–Kier alpha value is -1.00. The lowest BCUT2D eigenvalue weighted by Gasteiger charge is -2.33. The van der Waals surface area contributed by atoms with Gasteiger partial charge in [-0.05, 0) is 51.1 Å². The van der Waals surface area contributed by atoms with Crippen LogP contribution in [0.1, 0.15) is 37.8 Å². The Labute approximate surface area is 113 Å². The van der Waals surface area contributed by atoms with Crippen molar-refractivity contribution in [3.05, 3.63) is 35.4 Å². The number of piperidine rings is 1. The first kappa shape index (κ1) is 14.4. The monoisotopic (exact) mass is 268 g/mol. The van der Waals surface area contributed by atoms with Gasteiger partial charge in [0.1, 0.15) is 11.6 Å². The van der Waals surface area contributed by atoms with Gasteiger partial charge in [-0.2, -0.15) is 0 Å². The average molecular weight is 268 g/mol. The first-order chi connectivity index (χ1) is 9.06. The van der Waals surface area contributed by atoms with Gasteiger partial charge >= 0.3 is 0 Å². The molecule has 0 amide bonds. The minimum absolute atomic E-state index is 0.0412. The molecule has 2 rings (SSSR count). The van der Waals surface area contributed by atoms with Crippen LogP contribution < -0.4 is 5.32 Å². The number of nitrogens with one attached hydrogen (secondary N) is 1. The summed E-state index contributed by atoms with van der Waals surface area (Å²) >= 11 is 0. The molecule has 1 N–H and O–H groups in total. The Kier molecular flexibility index (Phi) is 4.88. The molecule has 0 saturated carbocycles. The third-order valence-electron chi connectivity index (χ3n) is 3.97. The predicted octanol–water partition coefficient (Wildman–Crippen LogP) is 3.10. The lowest BCUT2D eigenvalue weighted by molar-refractivity contribution is 0.178. The normalized spacial score (nSPS) is 22.4. The van der Waals surface area contributed by atoms with Crippen molar-refractivity contribution in [3.8, 4) is 0 Å². The van der Waals surface area contributed by atoms with E-state index >= 15 is 0 Å². The fourth-order valence-electron chi connectivity index (χ4n) is 2.66. The van der Waals surface area contributed by atoms with E-state index < -0.39 is 11.6 Å². The minimum atomic E-state index is -0.515. The van der Waals surface area contributed by atoms with Crippen LogP contribution in [0, 0.1) is 11.6 Å². The van der Waals surface area contributed by atoms with Crippen molar-refractivity contribution in [2.24, 2.45) is 0 Å². The van der Waals surface area contributed by atoms with Crippen molar-refractivity contribution in [3.63, 3.8) is 0 Å². The fraction of sp³-hybridized carbons (Fsp3) is 0.600. The SMILES string of the molecule is CC(NCC1CCCCN1C)c1cc(F)cc(F)c1. The van der Waals surface area contributed by atoms with E-state index in [0.29, 0.717) is 11.6 Å². The van der Waals surface area contributed by atoms with E-state index in [1.165, 1.54) is 31.4 Å². The van der Waals surface area contributed by atoms with Gasteiger partial charge in [-0.3, -0.25) is 0 Å². The largest absolute Gasteiger partial charge is 0.309 e. The highest BCUT2D eigenvalue weighted by atomic mass is 19.1. The number of likely N-dealkylation sites (N-methyl/N-ethyl adjacent to an activating group) is 1. The van der Waals surface area contributed by atoms with Crippen molar-refractivity contribution in [1.29, 1.82) is 0 Å². The minimum Gasteiger partial charge on any atom is -0.309 e. The van der Waals surface area contributed by atoms with Gasteiger partial charge in [-0.25, -0.2) is 8.78 Å². The predicted molar refractivity (Wildman–Crippen MR) is 73.0 cm³/mol. The Morgan fingerprint density at radius 1 is 1.26 bits per heavy atom. The summed E-state index contributed by atoms with van der Waals surface area (Å²) in [6, 6.07) is 4.18. The second kappa shape index (κ2) is 6.44. The van der Waals surface area contributed by atoms with Crippen LogP contribution in [0.4, 0.5) is 8.78 Å². The van der Waals surface area contributed by atoms with Gasteiger partial charge < -0.3 is 10.2 Å². The van der Waals surface area contributed by atoms with E-state index in [0.717, 1.165) is 19.2 Å². The molecule has 1 aliphatic rings. The topological polar surface area (TPSA) is 15.3 Å². The lowest BCUT2D eigenvalue weighted by Crippen LogP contribution is -2.43.